The van der Waals surface area contributed by atoms with Gasteiger partial charge in [0, 0.05) is 23.7 Å². The molecule has 1 aromatic heterocycles. The summed E-state index contributed by atoms with van der Waals surface area (Å²) in [5.41, 5.74) is 0.703. The van der Waals surface area contributed by atoms with Gasteiger partial charge in [0.1, 0.15) is 5.82 Å². The molecule has 136 valence electrons. The molecule has 5 rings (SSSR count). The minimum atomic E-state index is -0.269. The number of ether oxygens (including phenoxy) is 2. The van der Waals surface area contributed by atoms with E-state index in [2.05, 4.69) is 20.1 Å². The van der Waals surface area contributed by atoms with E-state index in [-0.39, 0.29) is 18.0 Å². The Balaban J connectivity index is 1.28. The summed E-state index contributed by atoms with van der Waals surface area (Å²) in [5.74, 6) is 2.97. The van der Waals surface area contributed by atoms with Crippen molar-refractivity contribution < 1.29 is 14.3 Å². The van der Waals surface area contributed by atoms with Crippen LogP contribution in [0.2, 0.25) is 0 Å². The summed E-state index contributed by atoms with van der Waals surface area (Å²) < 4.78 is 12.9. The van der Waals surface area contributed by atoms with Crippen LogP contribution in [0, 0.1) is 0 Å². The van der Waals surface area contributed by atoms with Crippen molar-refractivity contribution >= 4 is 23.4 Å². The Morgan fingerprint density at radius 2 is 2.04 bits per heavy atom. The number of hydrogen-bond donors (Lipinski definition) is 1. The van der Waals surface area contributed by atoms with Crippen LogP contribution in [-0.4, -0.2) is 32.7 Å². The van der Waals surface area contributed by atoms with E-state index < -0.39 is 0 Å². The molecule has 1 aliphatic heterocycles. The Hall–Kier alpha value is -2.22. The minimum Gasteiger partial charge on any atom is -0.454 e. The fourth-order valence-electron chi connectivity index (χ4n) is 3.09. The molecule has 2 aromatic rings. The molecular formula is C18H20N4O3S. The highest BCUT2D eigenvalue weighted by Gasteiger charge is 2.37. The Kier molecular flexibility index (Phi) is 3.81. The second kappa shape index (κ2) is 6.19. The first-order valence-electron chi connectivity index (χ1n) is 9.01. The van der Waals surface area contributed by atoms with Crippen molar-refractivity contribution in [2.45, 2.75) is 55.0 Å². The van der Waals surface area contributed by atoms with Crippen molar-refractivity contribution in [2.24, 2.45) is 0 Å². The van der Waals surface area contributed by atoms with Gasteiger partial charge >= 0.3 is 0 Å². The van der Waals surface area contributed by atoms with Gasteiger partial charge in [-0.3, -0.25) is 4.79 Å². The number of anilines is 1. The maximum Gasteiger partial charge on any atom is 0.237 e. The van der Waals surface area contributed by atoms with Gasteiger partial charge in [0.15, 0.2) is 16.7 Å². The summed E-state index contributed by atoms with van der Waals surface area (Å²) in [6.45, 7) is 2.12. The predicted octanol–water partition coefficient (Wildman–Crippen LogP) is 3.34. The fraction of sp³-hybridized carbons (Fsp3) is 0.500. The molecule has 0 bridgehead atoms. The molecule has 2 fully saturated rings. The molecule has 1 atom stereocenters. The lowest BCUT2D eigenvalue weighted by Crippen LogP contribution is -2.23. The molecule has 2 saturated carbocycles. The number of carbonyl (C=O) groups is 1. The standard InChI is InChI=1S/C18H20N4O3S/c1-10(17(23)19-12-4-7-14-15(8-12)25-9-24-14)26-18-21-20-16(11-2-3-11)22(18)13-5-6-13/h4,7-8,10-11,13H,2-3,5-6,9H2,1H3,(H,19,23)/t10-/m1/s1. The number of fused-ring (bicyclic) bond motifs is 1. The summed E-state index contributed by atoms with van der Waals surface area (Å²) >= 11 is 1.48. The predicted molar refractivity (Wildman–Crippen MR) is 96.8 cm³/mol. The molecule has 1 aromatic carbocycles. The van der Waals surface area contributed by atoms with Crippen molar-refractivity contribution in [3.05, 3.63) is 24.0 Å². The van der Waals surface area contributed by atoms with E-state index in [1.807, 2.05) is 13.0 Å². The molecule has 26 heavy (non-hydrogen) atoms. The van der Waals surface area contributed by atoms with E-state index >= 15 is 0 Å². The molecule has 1 N–H and O–H groups in total. The Bertz CT molecular complexity index is 860. The second-order valence-corrected chi connectivity index (χ2v) is 8.34. The maximum atomic E-state index is 12.6. The van der Waals surface area contributed by atoms with Gasteiger partial charge in [0.2, 0.25) is 12.7 Å². The maximum absolute atomic E-state index is 12.6. The van der Waals surface area contributed by atoms with Crippen LogP contribution >= 0.6 is 11.8 Å². The van der Waals surface area contributed by atoms with Gasteiger partial charge in [0.25, 0.3) is 0 Å². The van der Waals surface area contributed by atoms with Crippen LogP contribution in [0.25, 0.3) is 0 Å². The molecule has 8 heteroatoms. The number of hydrogen-bond acceptors (Lipinski definition) is 6. The number of thioether (sulfide) groups is 1. The number of aromatic nitrogens is 3. The van der Waals surface area contributed by atoms with E-state index in [0.717, 1.165) is 11.0 Å². The molecule has 0 unspecified atom stereocenters. The van der Waals surface area contributed by atoms with Crippen molar-refractivity contribution in [3.8, 4) is 11.5 Å². The minimum absolute atomic E-state index is 0.0628. The third kappa shape index (κ3) is 3.02. The van der Waals surface area contributed by atoms with Crippen LogP contribution in [-0.2, 0) is 4.79 Å². The number of rotatable bonds is 6. The van der Waals surface area contributed by atoms with Crippen LogP contribution in [0.15, 0.2) is 23.4 Å². The summed E-state index contributed by atoms with van der Waals surface area (Å²) in [5, 5.41) is 12.3. The zero-order valence-corrected chi connectivity index (χ0v) is 15.3. The number of amides is 1. The van der Waals surface area contributed by atoms with Crippen molar-refractivity contribution in [1.29, 1.82) is 0 Å². The van der Waals surface area contributed by atoms with Gasteiger partial charge in [-0.2, -0.15) is 0 Å². The van der Waals surface area contributed by atoms with Gasteiger partial charge in [-0.15, -0.1) is 10.2 Å². The average molecular weight is 372 g/mol. The van der Waals surface area contributed by atoms with E-state index in [9.17, 15) is 4.79 Å². The third-order valence-corrected chi connectivity index (χ3v) is 5.89. The van der Waals surface area contributed by atoms with Crippen molar-refractivity contribution in [2.75, 3.05) is 12.1 Å². The quantitative estimate of drug-likeness (QED) is 0.784. The summed E-state index contributed by atoms with van der Waals surface area (Å²) in [7, 11) is 0. The van der Waals surface area contributed by atoms with Crippen LogP contribution in [0.4, 0.5) is 5.69 Å². The molecule has 0 saturated heterocycles. The Labute approximate surface area is 155 Å². The SMILES string of the molecule is C[C@@H](Sc1nnc(C2CC2)n1C1CC1)C(=O)Nc1ccc2c(c1)OCO2. The topological polar surface area (TPSA) is 78.3 Å². The number of nitrogens with zero attached hydrogens (tertiary/aromatic N) is 3. The molecule has 1 amide bonds. The van der Waals surface area contributed by atoms with E-state index in [1.165, 1.54) is 37.4 Å². The van der Waals surface area contributed by atoms with Crippen molar-refractivity contribution in [3.63, 3.8) is 0 Å². The molecule has 2 aliphatic carbocycles. The van der Waals surface area contributed by atoms with Crippen LogP contribution in [0.5, 0.6) is 11.5 Å². The summed E-state index contributed by atoms with van der Waals surface area (Å²) in [6, 6.07) is 5.93. The monoisotopic (exact) mass is 372 g/mol. The summed E-state index contributed by atoms with van der Waals surface area (Å²) in [6.07, 6.45) is 4.78. The van der Waals surface area contributed by atoms with Gasteiger partial charge in [-0.1, -0.05) is 11.8 Å². The molecule has 0 radical (unpaired) electrons. The summed E-state index contributed by atoms with van der Waals surface area (Å²) in [4.78, 5) is 12.6. The second-order valence-electron chi connectivity index (χ2n) is 7.03. The molecule has 7 nitrogen and oxygen atoms in total. The number of nitrogens with one attached hydrogen (secondary N) is 1. The van der Waals surface area contributed by atoms with Gasteiger partial charge in [0.05, 0.1) is 5.25 Å². The van der Waals surface area contributed by atoms with Crippen LogP contribution in [0.3, 0.4) is 0 Å². The first-order chi connectivity index (χ1) is 12.7. The molecule has 0 spiro atoms. The molecule has 3 aliphatic rings. The zero-order chi connectivity index (χ0) is 17.7. The lowest BCUT2D eigenvalue weighted by atomic mass is 10.2. The van der Waals surface area contributed by atoms with Crippen molar-refractivity contribution in [1.82, 2.24) is 14.8 Å². The van der Waals surface area contributed by atoms with Crippen LogP contribution in [0.1, 0.15) is 50.4 Å². The molecule has 2 heterocycles. The number of carbonyl (C=O) groups excluding carboxylic acids is 1. The van der Waals surface area contributed by atoms with E-state index in [4.69, 9.17) is 9.47 Å². The smallest absolute Gasteiger partial charge is 0.237 e. The van der Waals surface area contributed by atoms with E-state index in [0.29, 0.717) is 29.1 Å². The lowest BCUT2D eigenvalue weighted by molar-refractivity contribution is -0.115. The van der Waals surface area contributed by atoms with Crippen LogP contribution < -0.4 is 14.8 Å². The Morgan fingerprint density at radius 1 is 1.23 bits per heavy atom. The first-order valence-corrected chi connectivity index (χ1v) is 9.89. The average Bonchev–Trinajstić information content (AvgIpc) is 3.56. The molecular weight excluding hydrogens is 352 g/mol. The van der Waals surface area contributed by atoms with Gasteiger partial charge in [-0.05, 0) is 44.7 Å². The van der Waals surface area contributed by atoms with Gasteiger partial charge in [-0.25, -0.2) is 0 Å². The van der Waals surface area contributed by atoms with E-state index in [1.54, 1.807) is 12.1 Å². The Morgan fingerprint density at radius 3 is 2.81 bits per heavy atom. The van der Waals surface area contributed by atoms with Gasteiger partial charge < -0.3 is 19.4 Å². The third-order valence-electron chi connectivity index (χ3n) is 4.84. The first kappa shape index (κ1) is 16.0. The zero-order valence-electron chi connectivity index (χ0n) is 14.5. The highest BCUT2D eigenvalue weighted by atomic mass is 32.2. The lowest BCUT2D eigenvalue weighted by Gasteiger charge is -2.13. The highest BCUT2D eigenvalue weighted by Crippen LogP contribution is 2.46. The largest absolute Gasteiger partial charge is 0.454 e. The normalized spacial score (nSPS) is 19.4. The number of benzene rings is 1. The fourth-order valence-corrected chi connectivity index (χ4v) is 4.02. The highest BCUT2D eigenvalue weighted by molar-refractivity contribution is 8.00.